The van der Waals surface area contributed by atoms with Crippen LogP contribution in [-0.2, 0) is 26.5 Å². The summed E-state index contributed by atoms with van der Waals surface area (Å²) in [6.45, 7) is 11.8. The molecule has 2 aliphatic heterocycles. The van der Waals surface area contributed by atoms with Crippen molar-refractivity contribution in [1.82, 2.24) is 14.1 Å². The number of hydrogen-bond donors (Lipinski definition) is 0. The van der Waals surface area contributed by atoms with E-state index in [-0.39, 0.29) is 26.5 Å². The summed E-state index contributed by atoms with van der Waals surface area (Å²) in [4.78, 5) is 5.72. The van der Waals surface area contributed by atoms with Gasteiger partial charge in [-0.05, 0) is 84.8 Å². The van der Waals surface area contributed by atoms with E-state index >= 15 is 0 Å². The van der Waals surface area contributed by atoms with Crippen LogP contribution in [0.2, 0.25) is 13.1 Å². The van der Waals surface area contributed by atoms with Crippen LogP contribution in [0.25, 0.3) is 106 Å². The number of fused-ring (bicyclic) bond motifs is 20. The van der Waals surface area contributed by atoms with E-state index in [4.69, 9.17) is 4.98 Å². The van der Waals surface area contributed by atoms with E-state index in [2.05, 4.69) is 242 Å². The first-order valence-electron chi connectivity index (χ1n) is 22.6. The maximum Gasteiger partial charge on any atom is 0.268 e. The summed E-state index contributed by atoms with van der Waals surface area (Å²) in [5.74, 6) is 0.887. The van der Waals surface area contributed by atoms with Gasteiger partial charge in [-0.1, -0.05) is 167 Å². The Balaban J connectivity index is 0.00000456. The van der Waals surface area contributed by atoms with Gasteiger partial charge in [0, 0.05) is 32.1 Å². The van der Waals surface area contributed by atoms with Crippen molar-refractivity contribution in [2.45, 2.75) is 39.3 Å². The van der Waals surface area contributed by atoms with E-state index < -0.39 is 8.07 Å². The molecule has 0 saturated carbocycles. The molecule has 8 bridgehead atoms. The molecular formula is C60H44N4PtSi-2. The molecule has 11 aromatic rings. The number of hydrogen-bond acceptors (Lipinski definition) is 1. The van der Waals surface area contributed by atoms with Crippen LogP contribution >= 0.6 is 0 Å². The van der Waals surface area contributed by atoms with Gasteiger partial charge in [0.1, 0.15) is 5.82 Å². The van der Waals surface area contributed by atoms with Gasteiger partial charge in [-0.15, -0.1) is 5.39 Å². The third-order valence-electron chi connectivity index (χ3n) is 14.0. The maximum atomic E-state index is 5.72. The van der Waals surface area contributed by atoms with Gasteiger partial charge in [-0.2, -0.15) is 52.8 Å². The van der Waals surface area contributed by atoms with Gasteiger partial charge in [0.25, 0.3) is 6.33 Å². The van der Waals surface area contributed by atoms with Gasteiger partial charge in [-0.3, -0.25) is 4.57 Å². The molecule has 0 saturated heterocycles. The third-order valence-corrected chi connectivity index (χ3v) is 17.3. The molecule has 0 N–H and O–H groups in total. The second-order valence-electron chi connectivity index (χ2n) is 19.2. The number of benzene rings is 8. The minimum absolute atomic E-state index is 0. The molecule has 5 heterocycles. The number of nitrogens with zero attached hydrogens (tertiary/aromatic N) is 4. The SMILES string of the molecule is CC(C)(C)c1cc2nc(c1)-n1c3[c-]c(ccc3c3ccccc31)[Si](C)(C)c1[c-]c(ccc1)-n1[c-][n+]3c4c(cccc41)-c1ccccc1-c1ccccc1-c1cccc(c1-3)-c1ccccc1-2.[Pt]. The van der Waals surface area contributed by atoms with Crippen molar-refractivity contribution in [2.75, 3.05) is 0 Å². The smallest absolute Gasteiger partial charge is 0.268 e. The summed E-state index contributed by atoms with van der Waals surface area (Å²) < 4.78 is 6.95. The largest absolute Gasteiger partial charge is 0.319 e. The third kappa shape index (κ3) is 5.93. The molecule has 2 aliphatic rings. The predicted molar refractivity (Wildman–Crippen MR) is 270 cm³/mol. The van der Waals surface area contributed by atoms with Crippen molar-refractivity contribution in [3.8, 4) is 73.0 Å². The summed E-state index contributed by atoms with van der Waals surface area (Å²) >= 11 is 0. The molecule has 0 aliphatic carbocycles. The van der Waals surface area contributed by atoms with E-state index in [1.54, 1.807) is 0 Å². The first-order chi connectivity index (χ1) is 31.6. The fraction of sp³-hybridized carbons (Fsp3) is 0.100. The Morgan fingerprint density at radius 1 is 0.515 bits per heavy atom. The van der Waals surface area contributed by atoms with Crippen LogP contribution in [0.5, 0.6) is 0 Å². The van der Waals surface area contributed by atoms with Crippen molar-refractivity contribution < 1.29 is 25.6 Å². The van der Waals surface area contributed by atoms with Gasteiger partial charge in [0.05, 0.1) is 30.5 Å². The standard InChI is InChI=1S/C60H44N4Si.Pt/c1-60(2,3)38-33-53-47-24-11-10-23-46(47)51-27-15-26-50-44-21-8-6-19-42(44)43-20-7-9-22-45(43)52-28-16-30-55-59(52)63(58(50)51)37-62(55)39-17-14-18-40(35-39)65(4,5)41-31-32-49-48-25-12-13-29-54(48)64(56(49)36-41)57(34-38)61-53;/h6-34H,1-5H3;/q-2;. The quantitative estimate of drug-likeness (QED) is 0.0845. The molecule has 8 aromatic carbocycles. The topological polar surface area (TPSA) is 26.6 Å². The number of pyridine rings is 1. The van der Waals surface area contributed by atoms with E-state index in [9.17, 15) is 0 Å². The second-order valence-corrected chi connectivity index (χ2v) is 23.5. The normalized spacial score (nSPS) is 13.2. The number of para-hydroxylation sites is 3. The summed E-state index contributed by atoms with van der Waals surface area (Å²) in [5.41, 5.74) is 18.6. The average Bonchev–Trinajstić information content (AvgIpc) is 3.90. The van der Waals surface area contributed by atoms with Crippen molar-refractivity contribution >= 4 is 51.3 Å². The zero-order valence-corrected chi connectivity index (χ0v) is 40.6. The summed E-state index contributed by atoms with van der Waals surface area (Å²) in [7, 11) is -2.42. The Kier molecular flexibility index (Phi) is 9.10. The van der Waals surface area contributed by atoms with Crippen molar-refractivity contribution in [3.63, 3.8) is 0 Å². The van der Waals surface area contributed by atoms with Crippen LogP contribution in [0.15, 0.2) is 176 Å². The monoisotopic (exact) mass is 1040 g/mol. The Bertz CT molecular complexity index is 3810. The van der Waals surface area contributed by atoms with Gasteiger partial charge in [0.2, 0.25) is 0 Å². The van der Waals surface area contributed by atoms with Crippen LogP contribution in [0.3, 0.4) is 0 Å². The van der Waals surface area contributed by atoms with E-state index in [0.29, 0.717) is 0 Å². The molecule has 0 unspecified atom stereocenters. The molecule has 0 radical (unpaired) electrons. The zero-order chi connectivity index (χ0) is 43.8. The van der Waals surface area contributed by atoms with Crippen LogP contribution in [0.4, 0.5) is 0 Å². The molecule has 0 atom stereocenters. The molecule has 13 rings (SSSR count). The summed E-state index contributed by atoms with van der Waals surface area (Å²) in [5, 5.41) is 4.79. The van der Waals surface area contributed by atoms with Crippen molar-refractivity contribution in [3.05, 3.63) is 200 Å². The van der Waals surface area contributed by atoms with Crippen molar-refractivity contribution in [1.29, 1.82) is 0 Å². The number of aromatic nitrogens is 4. The van der Waals surface area contributed by atoms with E-state index in [0.717, 1.165) is 72.8 Å². The second kappa shape index (κ2) is 14.8. The van der Waals surface area contributed by atoms with E-state index in [1.165, 1.54) is 49.0 Å². The summed E-state index contributed by atoms with van der Waals surface area (Å²) in [6, 6.07) is 72.8. The first-order valence-corrected chi connectivity index (χ1v) is 25.6. The fourth-order valence-corrected chi connectivity index (χ4v) is 12.7. The minimum Gasteiger partial charge on any atom is -0.319 e. The maximum absolute atomic E-state index is 5.72. The van der Waals surface area contributed by atoms with E-state index in [1.807, 2.05) is 0 Å². The molecule has 4 nitrogen and oxygen atoms in total. The fourth-order valence-electron chi connectivity index (χ4n) is 10.6. The first kappa shape index (κ1) is 40.6. The molecule has 66 heavy (non-hydrogen) atoms. The van der Waals surface area contributed by atoms with Gasteiger partial charge in [-0.25, -0.2) is 4.98 Å². The molecular weight excluding hydrogens is 1000 g/mol. The molecule has 0 spiro atoms. The Hall–Kier alpha value is -6.91. The molecule has 6 heteroatoms. The Morgan fingerprint density at radius 3 is 1.77 bits per heavy atom. The summed E-state index contributed by atoms with van der Waals surface area (Å²) in [6.07, 6.45) is 4.02. The van der Waals surface area contributed by atoms with Crippen LogP contribution in [0.1, 0.15) is 26.3 Å². The Morgan fingerprint density at radius 2 is 1.06 bits per heavy atom. The van der Waals surface area contributed by atoms with Gasteiger partial charge < -0.3 is 9.13 Å². The van der Waals surface area contributed by atoms with Gasteiger partial charge >= 0.3 is 0 Å². The van der Waals surface area contributed by atoms with Gasteiger partial charge in [0.15, 0.2) is 0 Å². The molecule has 0 fully saturated rings. The molecule has 0 amide bonds. The average molecular weight is 1040 g/mol. The van der Waals surface area contributed by atoms with Crippen LogP contribution in [0, 0.1) is 18.5 Å². The molecule has 3 aromatic heterocycles. The number of rotatable bonds is 0. The number of imidazole rings is 1. The molecule has 320 valence electrons. The van der Waals surface area contributed by atoms with Crippen LogP contribution < -0.4 is 14.9 Å². The minimum atomic E-state index is -2.42. The van der Waals surface area contributed by atoms with Crippen LogP contribution in [-0.4, -0.2) is 22.2 Å². The van der Waals surface area contributed by atoms with Crippen molar-refractivity contribution in [2.24, 2.45) is 0 Å². The Labute approximate surface area is 400 Å². The zero-order valence-electron chi connectivity index (χ0n) is 37.3. The predicted octanol–water partition coefficient (Wildman–Crippen LogP) is 12.9.